The number of carbonyl (C=O) groups excluding carboxylic acids is 1. The molecule has 5 aromatic rings. The number of hydrogen-bond acceptors (Lipinski definition) is 7. The highest BCUT2D eigenvalue weighted by atomic mass is 16.3. The van der Waals surface area contributed by atoms with E-state index in [1.807, 2.05) is 36.4 Å². The number of aryl methyl sites for hydroxylation is 1. The SMILES string of the molecule is Cc1nc2ccccc2c(=O)n1N=C(N=Nc1ccc(C(=O)NN=Cc2ccccc2)cc1)c1ccco1. The maximum Gasteiger partial charge on any atom is 0.282 e. The fourth-order valence-electron chi connectivity index (χ4n) is 3.53. The van der Waals surface area contributed by atoms with Crippen LogP contribution in [0.2, 0.25) is 0 Å². The van der Waals surface area contributed by atoms with E-state index in [0.717, 1.165) is 5.56 Å². The predicted molar refractivity (Wildman–Crippen MR) is 144 cm³/mol. The number of amidine groups is 1. The second-order valence-electron chi connectivity index (χ2n) is 8.05. The number of carbonyl (C=O) groups is 1. The van der Waals surface area contributed by atoms with Crippen molar-refractivity contribution >= 4 is 34.5 Å². The Kier molecular flexibility index (Phi) is 7.03. The molecule has 0 saturated heterocycles. The van der Waals surface area contributed by atoms with Gasteiger partial charge < -0.3 is 4.42 Å². The molecule has 186 valence electrons. The number of hydrogen-bond donors (Lipinski definition) is 1. The van der Waals surface area contributed by atoms with Crippen molar-refractivity contribution in [3.8, 4) is 0 Å². The maximum atomic E-state index is 13.1. The van der Waals surface area contributed by atoms with E-state index in [4.69, 9.17) is 4.42 Å². The van der Waals surface area contributed by atoms with Crippen LogP contribution in [0.1, 0.15) is 27.5 Å². The second kappa shape index (κ2) is 11.0. The Balaban J connectivity index is 1.37. The van der Waals surface area contributed by atoms with Crippen LogP contribution in [-0.2, 0) is 0 Å². The Morgan fingerprint density at radius 2 is 1.71 bits per heavy atom. The van der Waals surface area contributed by atoms with Crippen LogP contribution >= 0.6 is 0 Å². The molecule has 0 radical (unpaired) electrons. The molecule has 2 heterocycles. The van der Waals surface area contributed by atoms with Crippen molar-refractivity contribution in [3.05, 3.63) is 130 Å². The lowest BCUT2D eigenvalue weighted by Gasteiger charge is -2.06. The molecule has 10 heteroatoms. The van der Waals surface area contributed by atoms with Crippen LogP contribution in [0.3, 0.4) is 0 Å². The summed E-state index contributed by atoms with van der Waals surface area (Å²) in [6.07, 6.45) is 3.04. The molecule has 0 spiro atoms. The van der Waals surface area contributed by atoms with Crippen molar-refractivity contribution in [1.29, 1.82) is 0 Å². The molecule has 38 heavy (non-hydrogen) atoms. The van der Waals surface area contributed by atoms with Gasteiger partial charge in [-0.25, -0.2) is 10.4 Å². The predicted octanol–water partition coefficient (Wildman–Crippen LogP) is 5.06. The van der Waals surface area contributed by atoms with Gasteiger partial charge in [0.15, 0.2) is 5.76 Å². The van der Waals surface area contributed by atoms with Crippen molar-refractivity contribution in [3.63, 3.8) is 0 Å². The number of nitrogens with one attached hydrogen (secondary N) is 1. The third-order valence-corrected chi connectivity index (χ3v) is 5.42. The lowest BCUT2D eigenvalue weighted by molar-refractivity contribution is 0.0955. The standard InChI is InChI=1S/C28H21N7O3/c1-19-30-24-11-6-5-10-23(24)28(37)35(19)34-26(25-12-7-17-38-25)32-31-22-15-13-21(14-16-22)27(36)33-29-18-20-8-3-2-4-9-20/h2-18H,1H3,(H,33,36). The molecular weight excluding hydrogens is 482 g/mol. The zero-order chi connectivity index (χ0) is 26.3. The van der Waals surface area contributed by atoms with E-state index in [1.54, 1.807) is 67.7 Å². The fraction of sp³-hybridized carbons (Fsp3) is 0.0357. The van der Waals surface area contributed by atoms with Crippen LogP contribution < -0.4 is 11.0 Å². The highest BCUT2D eigenvalue weighted by molar-refractivity contribution is 5.97. The topological polar surface area (TPSA) is 127 Å². The van der Waals surface area contributed by atoms with E-state index in [1.165, 1.54) is 10.9 Å². The molecule has 0 aliphatic rings. The molecule has 1 amide bonds. The van der Waals surface area contributed by atoms with Crippen LogP contribution in [0.5, 0.6) is 0 Å². The molecule has 0 aliphatic carbocycles. The summed E-state index contributed by atoms with van der Waals surface area (Å²) in [5.41, 5.74) is 4.48. The smallest absolute Gasteiger partial charge is 0.282 e. The van der Waals surface area contributed by atoms with E-state index in [2.05, 4.69) is 30.8 Å². The van der Waals surface area contributed by atoms with Crippen LogP contribution in [0.4, 0.5) is 5.69 Å². The molecule has 5 rings (SSSR count). The van der Waals surface area contributed by atoms with Crippen molar-refractivity contribution in [2.75, 3.05) is 0 Å². The van der Waals surface area contributed by atoms with Gasteiger partial charge in [0.25, 0.3) is 11.5 Å². The summed E-state index contributed by atoms with van der Waals surface area (Å²) in [6.45, 7) is 1.68. The van der Waals surface area contributed by atoms with Crippen molar-refractivity contribution < 1.29 is 9.21 Å². The Morgan fingerprint density at radius 1 is 0.947 bits per heavy atom. The average Bonchev–Trinajstić information content (AvgIpc) is 3.48. The van der Waals surface area contributed by atoms with E-state index in [0.29, 0.717) is 33.7 Å². The first-order valence-electron chi connectivity index (χ1n) is 11.6. The fourth-order valence-corrected chi connectivity index (χ4v) is 3.53. The van der Waals surface area contributed by atoms with Gasteiger partial charge in [0.2, 0.25) is 5.84 Å². The van der Waals surface area contributed by atoms with Crippen molar-refractivity contribution in [2.24, 2.45) is 20.4 Å². The molecule has 0 aliphatic heterocycles. The molecule has 10 nitrogen and oxygen atoms in total. The van der Waals surface area contributed by atoms with Crippen molar-refractivity contribution in [1.82, 2.24) is 15.1 Å². The van der Waals surface area contributed by atoms with Gasteiger partial charge in [0.05, 0.1) is 29.1 Å². The number of aromatic nitrogens is 2. The van der Waals surface area contributed by atoms with Crippen LogP contribution in [0.25, 0.3) is 10.9 Å². The summed E-state index contributed by atoms with van der Waals surface area (Å²) in [6, 6.07) is 26.3. The average molecular weight is 504 g/mol. The first-order chi connectivity index (χ1) is 18.6. The molecule has 1 N–H and O–H groups in total. The van der Waals surface area contributed by atoms with Gasteiger partial charge in [-0.1, -0.05) is 42.5 Å². The van der Waals surface area contributed by atoms with Crippen LogP contribution in [-0.4, -0.2) is 27.6 Å². The van der Waals surface area contributed by atoms with E-state index in [-0.39, 0.29) is 17.3 Å². The number of fused-ring (bicyclic) bond motifs is 1. The normalized spacial score (nSPS) is 12.0. The zero-order valence-electron chi connectivity index (χ0n) is 20.2. The highest BCUT2D eigenvalue weighted by Gasteiger charge is 2.12. The monoisotopic (exact) mass is 503 g/mol. The van der Waals surface area contributed by atoms with Crippen LogP contribution in [0.15, 0.2) is 127 Å². The molecular formula is C28H21N7O3. The molecule has 0 atom stereocenters. The largest absolute Gasteiger partial charge is 0.461 e. The minimum Gasteiger partial charge on any atom is -0.461 e. The number of azo groups is 1. The molecule has 0 saturated carbocycles. The maximum absolute atomic E-state index is 13.1. The van der Waals surface area contributed by atoms with Crippen LogP contribution in [0, 0.1) is 6.92 Å². The molecule has 0 fully saturated rings. The molecule has 0 bridgehead atoms. The number of furan rings is 1. The Hall–Kier alpha value is -5.51. The van der Waals surface area contributed by atoms with Gasteiger partial charge in [-0.3, -0.25) is 9.59 Å². The summed E-state index contributed by atoms with van der Waals surface area (Å²) in [4.78, 5) is 29.9. The Morgan fingerprint density at radius 3 is 2.47 bits per heavy atom. The minimum absolute atomic E-state index is 0.0781. The minimum atomic E-state index is -0.364. The summed E-state index contributed by atoms with van der Waals surface area (Å²) in [7, 11) is 0. The Labute approximate surface area is 216 Å². The van der Waals surface area contributed by atoms with Crippen molar-refractivity contribution in [2.45, 2.75) is 6.92 Å². The summed E-state index contributed by atoms with van der Waals surface area (Å²) in [5.74, 6) is 0.422. The quantitative estimate of drug-likeness (QED) is 0.150. The molecule has 0 unspecified atom stereocenters. The number of nitrogens with zero attached hydrogens (tertiary/aromatic N) is 6. The summed E-state index contributed by atoms with van der Waals surface area (Å²) < 4.78 is 6.63. The highest BCUT2D eigenvalue weighted by Crippen LogP contribution is 2.16. The van der Waals surface area contributed by atoms with Gasteiger partial charge in [0.1, 0.15) is 5.82 Å². The lowest BCUT2D eigenvalue weighted by atomic mass is 10.2. The van der Waals surface area contributed by atoms with Gasteiger partial charge in [0, 0.05) is 5.56 Å². The van der Waals surface area contributed by atoms with E-state index in [9.17, 15) is 9.59 Å². The first kappa shape index (κ1) is 24.2. The zero-order valence-corrected chi connectivity index (χ0v) is 20.2. The molecule has 2 aromatic heterocycles. The third-order valence-electron chi connectivity index (χ3n) is 5.42. The van der Waals surface area contributed by atoms with Gasteiger partial charge in [-0.2, -0.15) is 9.78 Å². The Bertz CT molecular complexity index is 1720. The third kappa shape index (κ3) is 5.49. The second-order valence-corrected chi connectivity index (χ2v) is 8.05. The number of benzene rings is 3. The summed E-state index contributed by atoms with van der Waals surface area (Å²) in [5, 5.41) is 17.2. The van der Waals surface area contributed by atoms with Gasteiger partial charge >= 0.3 is 0 Å². The van der Waals surface area contributed by atoms with Gasteiger partial charge in [-0.05, 0) is 61.0 Å². The van der Waals surface area contributed by atoms with E-state index < -0.39 is 0 Å². The lowest BCUT2D eigenvalue weighted by Crippen LogP contribution is -2.21. The van der Waals surface area contributed by atoms with Gasteiger partial charge in [-0.15, -0.1) is 15.3 Å². The molecule has 3 aromatic carbocycles. The summed E-state index contributed by atoms with van der Waals surface area (Å²) >= 11 is 0. The number of amides is 1. The number of hydrazone groups is 1. The first-order valence-corrected chi connectivity index (χ1v) is 11.6. The number of rotatable bonds is 6. The van der Waals surface area contributed by atoms with E-state index >= 15 is 0 Å². The number of para-hydroxylation sites is 1.